The molecule has 0 aliphatic heterocycles. The number of nitrogens with one attached hydrogen (secondary N) is 1. The van der Waals surface area contributed by atoms with Gasteiger partial charge in [0, 0.05) is 6.20 Å². The van der Waals surface area contributed by atoms with E-state index in [0.29, 0.717) is 17.1 Å². The number of hydrogen-bond donors (Lipinski definition) is 2. The zero-order valence-electron chi connectivity index (χ0n) is 9.15. The second-order valence-corrected chi connectivity index (χ2v) is 4.36. The van der Waals surface area contributed by atoms with Crippen molar-refractivity contribution in [1.29, 1.82) is 0 Å². The minimum atomic E-state index is -0.397. The first kappa shape index (κ1) is 12.7. The largest absolute Gasteiger partial charge is 0.388 e. The molecule has 3 nitrogen and oxygen atoms in total. The molecule has 1 heterocycles. The molecule has 1 aromatic carbocycles. The minimum Gasteiger partial charge on any atom is -0.388 e. The summed E-state index contributed by atoms with van der Waals surface area (Å²) in [5.41, 5.74) is 7.21. The Morgan fingerprint density at radius 1 is 1.33 bits per heavy atom. The highest BCUT2D eigenvalue weighted by molar-refractivity contribution is 7.80. The first-order valence-corrected chi connectivity index (χ1v) is 5.83. The number of rotatable bonds is 3. The molecule has 0 unspecified atom stereocenters. The van der Waals surface area contributed by atoms with E-state index in [4.69, 9.17) is 29.6 Å². The van der Waals surface area contributed by atoms with Crippen LogP contribution in [0.25, 0.3) is 0 Å². The van der Waals surface area contributed by atoms with Crippen LogP contribution in [-0.4, -0.2) is 9.97 Å². The van der Waals surface area contributed by atoms with Gasteiger partial charge in [0.2, 0.25) is 0 Å². The van der Waals surface area contributed by atoms with Crippen LogP contribution in [0.2, 0.25) is 5.02 Å². The Balaban J connectivity index is 2.37. The fourth-order valence-corrected chi connectivity index (χ4v) is 1.82. The predicted molar refractivity (Wildman–Crippen MR) is 74.8 cm³/mol. The summed E-state index contributed by atoms with van der Waals surface area (Å²) in [4.78, 5) is 4.25. The zero-order valence-corrected chi connectivity index (χ0v) is 10.7. The van der Waals surface area contributed by atoms with Gasteiger partial charge in [0.05, 0.1) is 16.4 Å². The molecular weight excluding hydrogens is 273 g/mol. The second kappa shape index (κ2) is 5.29. The second-order valence-electron chi connectivity index (χ2n) is 3.51. The number of nitrogens with zero attached hydrogens (tertiary/aromatic N) is 1. The number of pyridine rings is 1. The number of anilines is 2. The van der Waals surface area contributed by atoms with Gasteiger partial charge in [-0.05, 0) is 30.3 Å². The van der Waals surface area contributed by atoms with E-state index in [9.17, 15) is 4.39 Å². The van der Waals surface area contributed by atoms with Crippen molar-refractivity contribution in [2.45, 2.75) is 0 Å². The molecule has 0 amide bonds. The molecule has 0 radical (unpaired) electrons. The Bertz CT molecular complexity index is 604. The van der Waals surface area contributed by atoms with E-state index in [2.05, 4.69) is 10.3 Å². The van der Waals surface area contributed by atoms with Gasteiger partial charge in [0.15, 0.2) is 0 Å². The van der Waals surface area contributed by atoms with E-state index in [1.807, 2.05) is 0 Å². The third-order valence-electron chi connectivity index (χ3n) is 2.24. The fraction of sp³-hybridized carbons (Fsp3) is 0. The van der Waals surface area contributed by atoms with E-state index in [-0.39, 0.29) is 10.0 Å². The highest BCUT2D eigenvalue weighted by atomic mass is 35.5. The van der Waals surface area contributed by atoms with Gasteiger partial charge >= 0.3 is 0 Å². The van der Waals surface area contributed by atoms with Crippen molar-refractivity contribution in [3.63, 3.8) is 0 Å². The third kappa shape index (κ3) is 2.75. The number of halogens is 2. The maximum absolute atomic E-state index is 12.9. The van der Waals surface area contributed by atoms with Crippen LogP contribution in [0.1, 0.15) is 5.69 Å². The maximum Gasteiger partial charge on any atom is 0.124 e. The molecule has 0 fully saturated rings. The van der Waals surface area contributed by atoms with Crippen molar-refractivity contribution < 1.29 is 4.39 Å². The van der Waals surface area contributed by atoms with Crippen LogP contribution in [0.5, 0.6) is 0 Å². The fourth-order valence-electron chi connectivity index (χ4n) is 1.44. The van der Waals surface area contributed by atoms with Crippen LogP contribution in [0, 0.1) is 5.82 Å². The summed E-state index contributed by atoms with van der Waals surface area (Å²) in [7, 11) is 0. The maximum atomic E-state index is 12.9. The van der Waals surface area contributed by atoms with Crippen LogP contribution in [0.3, 0.4) is 0 Å². The van der Waals surface area contributed by atoms with Crippen molar-refractivity contribution >= 4 is 40.2 Å². The lowest BCUT2D eigenvalue weighted by molar-refractivity contribution is 0.628. The quantitative estimate of drug-likeness (QED) is 0.848. The van der Waals surface area contributed by atoms with Crippen molar-refractivity contribution in [3.05, 3.63) is 53.1 Å². The molecule has 1 aromatic heterocycles. The SMILES string of the molecule is NC(=S)c1ncccc1Nc1ccc(F)cc1Cl. The molecule has 0 aliphatic carbocycles. The lowest BCUT2D eigenvalue weighted by atomic mass is 10.2. The summed E-state index contributed by atoms with van der Waals surface area (Å²) in [5, 5.41) is 3.29. The number of hydrogen-bond acceptors (Lipinski definition) is 3. The normalized spacial score (nSPS) is 10.1. The molecule has 0 atom stereocenters. The minimum absolute atomic E-state index is 0.177. The average molecular weight is 282 g/mol. The van der Waals surface area contributed by atoms with Gasteiger partial charge in [0.1, 0.15) is 16.5 Å². The molecule has 3 N–H and O–H groups in total. The van der Waals surface area contributed by atoms with Crippen LogP contribution in [-0.2, 0) is 0 Å². The zero-order chi connectivity index (χ0) is 13.1. The Morgan fingerprint density at radius 2 is 2.11 bits per heavy atom. The van der Waals surface area contributed by atoms with Crippen LogP contribution in [0.4, 0.5) is 15.8 Å². The lowest BCUT2D eigenvalue weighted by Gasteiger charge is -2.11. The summed E-state index contributed by atoms with van der Waals surface area (Å²) in [6.07, 6.45) is 1.59. The molecule has 92 valence electrons. The Kier molecular flexibility index (Phi) is 3.74. The Hall–Kier alpha value is -1.72. The van der Waals surface area contributed by atoms with Crippen molar-refractivity contribution in [2.24, 2.45) is 5.73 Å². The van der Waals surface area contributed by atoms with Gasteiger partial charge in [-0.1, -0.05) is 23.8 Å². The van der Waals surface area contributed by atoms with Gasteiger partial charge in [-0.2, -0.15) is 0 Å². The van der Waals surface area contributed by atoms with E-state index in [1.54, 1.807) is 18.3 Å². The molecular formula is C12H9ClFN3S. The third-order valence-corrected chi connectivity index (χ3v) is 2.75. The monoisotopic (exact) mass is 281 g/mol. The van der Waals surface area contributed by atoms with E-state index in [0.717, 1.165) is 0 Å². The van der Waals surface area contributed by atoms with Crippen LogP contribution in [0.15, 0.2) is 36.5 Å². The van der Waals surface area contributed by atoms with Gasteiger partial charge in [-0.25, -0.2) is 4.39 Å². The summed E-state index contributed by atoms with van der Waals surface area (Å²) in [5.74, 6) is -0.397. The summed E-state index contributed by atoms with van der Waals surface area (Å²) >= 11 is 10.8. The first-order valence-electron chi connectivity index (χ1n) is 5.05. The van der Waals surface area contributed by atoms with Crippen molar-refractivity contribution in [3.8, 4) is 0 Å². The van der Waals surface area contributed by atoms with E-state index < -0.39 is 5.82 Å². The molecule has 0 aliphatic rings. The summed E-state index contributed by atoms with van der Waals surface area (Å²) < 4.78 is 12.9. The number of thiocarbonyl (C=S) groups is 1. The van der Waals surface area contributed by atoms with E-state index in [1.165, 1.54) is 18.2 Å². The first-order chi connectivity index (χ1) is 8.58. The molecule has 2 rings (SSSR count). The highest BCUT2D eigenvalue weighted by Crippen LogP contribution is 2.27. The molecule has 0 spiro atoms. The van der Waals surface area contributed by atoms with Crippen LogP contribution < -0.4 is 11.1 Å². The standard InChI is InChI=1S/C12H9ClFN3S/c13-8-6-7(14)3-4-9(8)17-10-2-1-5-16-11(10)12(15)18/h1-6,17H,(H2,15,18). The van der Waals surface area contributed by atoms with Crippen molar-refractivity contribution in [1.82, 2.24) is 4.98 Å². The average Bonchev–Trinajstić information content (AvgIpc) is 2.33. The topological polar surface area (TPSA) is 50.9 Å². The molecule has 0 saturated heterocycles. The number of aromatic nitrogens is 1. The predicted octanol–water partition coefficient (Wildman–Crippen LogP) is 3.25. The highest BCUT2D eigenvalue weighted by Gasteiger charge is 2.08. The lowest BCUT2D eigenvalue weighted by Crippen LogP contribution is -2.13. The number of benzene rings is 1. The van der Waals surface area contributed by atoms with E-state index >= 15 is 0 Å². The molecule has 6 heteroatoms. The number of nitrogens with two attached hydrogens (primary N) is 1. The van der Waals surface area contributed by atoms with Gasteiger partial charge in [-0.15, -0.1) is 0 Å². The van der Waals surface area contributed by atoms with Gasteiger partial charge < -0.3 is 11.1 Å². The Labute approximate surface area is 114 Å². The van der Waals surface area contributed by atoms with Crippen molar-refractivity contribution in [2.75, 3.05) is 5.32 Å². The smallest absolute Gasteiger partial charge is 0.124 e. The molecule has 2 aromatic rings. The molecule has 18 heavy (non-hydrogen) atoms. The summed E-state index contributed by atoms with van der Waals surface area (Å²) in [6, 6.07) is 7.57. The Morgan fingerprint density at radius 3 is 2.78 bits per heavy atom. The van der Waals surface area contributed by atoms with Crippen LogP contribution >= 0.6 is 23.8 Å². The molecule has 0 saturated carbocycles. The van der Waals surface area contributed by atoms with Gasteiger partial charge in [0.25, 0.3) is 0 Å². The summed E-state index contributed by atoms with van der Waals surface area (Å²) in [6.45, 7) is 0. The van der Waals surface area contributed by atoms with Gasteiger partial charge in [-0.3, -0.25) is 4.98 Å². The molecule has 0 bridgehead atoms.